The summed E-state index contributed by atoms with van der Waals surface area (Å²) < 4.78 is 3.83. The predicted molar refractivity (Wildman–Crippen MR) is 129 cm³/mol. The zero-order chi connectivity index (χ0) is 23.4. The number of aromatic nitrogens is 7. The van der Waals surface area contributed by atoms with Gasteiger partial charge in [-0.05, 0) is 47.7 Å². The molecule has 0 spiro atoms. The van der Waals surface area contributed by atoms with Crippen molar-refractivity contribution in [2.24, 2.45) is 5.92 Å². The minimum Gasteiger partial charge on any atom is -0.296 e. The third kappa shape index (κ3) is 4.79. The van der Waals surface area contributed by atoms with Gasteiger partial charge in [-0.25, -0.2) is 9.89 Å². The number of rotatable bonds is 9. The summed E-state index contributed by atoms with van der Waals surface area (Å²) in [7, 11) is 0. The molecule has 33 heavy (non-hydrogen) atoms. The second-order valence-corrected chi connectivity index (χ2v) is 8.82. The lowest BCUT2D eigenvalue weighted by atomic mass is 10.0. The molecule has 3 heterocycles. The molecule has 0 amide bonds. The fourth-order valence-electron chi connectivity index (χ4n) is 4.18. The molecule has 0 aliphatic carbocycles. The fourth-order valence-corrected chi connectivity index (χ4v) is 4.18. The molecular formula is C25H31N7O. The molecule has 4 aromatic rings. The van der Waals surface area contributed by atoms with Gasteiger partial charge < -0.3 is 0 Å². The van der Waals surface area contributed by atoms with Crippen molar-refractivity contribution in [1.82, 2.24) is 34.7 Å². The van der Waals surface area contributed by atoms with Crippen LogP contribution in [0.25, 0.3) is 22.5 Å². The Labute approximate surface area is 193 Å². The average Bonchev–Trinajstić information content (AvgIpc) is 3.42. The highest BCUT2D eigenvalue weighted by atomic mass is 16.1. The summed E-state index contributed by atoms with van der Waals surface area (Å²) in [4.78, 5) is 17.9. The Bertz CT molecular complexity index is 1250. The number of nitrogens with zero attached hydrogens (tertiary/aromatic N) is 6. The number of aromatic amines is 1. The number of H-pyrrole nitrogens is 1. The monoisotopic (exact) mass is 445 g/mol. The van der Waals surface area contributed by atoms with E-state index in [2.05, 4.69) is 48.3 Å². The van der Waals surface area contributed by atoms with E-state index in [1.165, 1.54) is 0 Å². The van der Waals surface area contributed by atoms with Crippen LogP contribution in [0.1, 0.15) is 50.7 Å². The number of tetrazole rings is 1. The minimum absolute atomic E-state index is 0.0608. The van der Waals surface area contributed by atoms with Gasteiger partial charge in [0.2, 0.25) is 0 Å². The Kier molecular flexibility index (Phi) is 6.82. The molecule has 0 fully saturated rings. The van der Waals surface area contributed by atoms with Crippen LogP contribution in [-0.2, 0) is 19.5 Å². The first-order chi connectivity index (χ1) is 16.0. The number of hydrogen-bond donors (Lipinski definition) is 1. The summed E-state index contributed by atoms with van der Waals surface area (Å²) in [6.45, 7) is 9.81. The van der Waals surface area contributed by atoms with Crippen molar-refractivity contribution in [3.63, 3.8) is 0 Å². The molecule has 0 atom stereocenters. The van der Waals surface area contributed by atoms with E-state index in [9.17, 15) is 4.79 Å². The third-order valence-corrected chi connectivity index (χ3v) is 6.01. The number of hydrogen-bond acceptors (Lipinski definition) is 5. The quantitative estimate of drug-likeness (QED) is 0.416. The topological polar surface area (TPSA) is 94.3 Å². The lowest BCUT2D eigenvalue weighted by Gasteiger charge is -2.09. The Morgan fingerprint density at radius 2 is 1.85 bits per heavy atom. The smallest absolute Gasteiger partial charge is 0.296 e. The van der Waals surface area contributed by atoms with Crippen molar-refractivity contribution in [3.05, 3.63) is 70.2 Å². The van der Waals surface area contributed by atoms with Crippen LogP contribution in [0.2, 0.25) is 0 Å². The number of pyridine rings is 1. The summed E-state index contributed by atoms with van der Waals surface area (Å²) >= 11 is 0. The third-order valence-electron chi connectivity index (χ3n) is 6.01. The molecule has 8 heteroatoms. The van der Waals surface area contributed by atoms with E-state index in [4.69, 9.17) is 4.98 Å². The number of nitrogens with one attached hydrogen (secondary N) is 1. The molecule has 1 N–H and O–H groups in total. The highest BCUT2D eigenvalue weighted by Gasteiger charge is 2.17. The van der Waals surface area contributed by atoms with Crippen LogP contribution in [0.15, 0.2) is 47.4 Å². The molecule has 0 unspecified atom stereocenters. The van der Waals surface area contributed by atoms with Crippen LogP contribution in [0, 0.1) is 12.8 Å². The van der Waals surface area contributed by atoms with Crippen molar-refractivity contribution in [1.29, 1.82) is 0 Å². The Balaban J connectivity index is 1.63. The summed E-state index contributed by atoms with van der Waals surface area (Å²) in [5, 5.41) is 14.2. The van der Waals surface area contributed by atoms with E-state index in [1.807, 2.05) is 51.7 Å². The molecule has 172 valence electrons. The molecule has 0 aliphatic rings. The maximum Gasteiger partial charge on any atom is 0.328 e. The summed E-state index contributed by atoms with van der Waals surface area (Å²) in [5.74, 6) is 1.17. The van der Waals surface area contributed by atoms with Crippen LogP contribution < -0.4 is 5.69 Å². The molecule has 0 saturated carbocycles. The SMILES string of the molecule is CCCc1c(C)n(CCC(C)C)c(=O)n1Cc1ccc(-c2ccccc2-c2nnn[nH]2)cn1. The van der Waals surface area contributed by atoms with Gasteiger partial charge in [-0.15, -0.1) is 5.10 Å². The lowest BCUT2D eigenvalue weighted by Crippen LogP contribution is -2.26. The van der Waals surface area contributed by atoms with Gasteiger partial charge in [-0.1, -0.05) is 57.5 Å². The number of imidazole rings is 1. The van der Waals surface area contributed by atoms with Gasteiger partial charge in [0.1, 0.15) is 0 Å². The maximum absolute atomic E-state index is 13.2. The normalized spacial score (nSPS) is 11.4. The van der Waals surface area contributed by atoms with Crippen LogP contribution in [0.3, 0.4) is 0 Å². The fraction of sp³-hybridized carbons (Fsp3) is 0.400. The van der Waals surface area contributed by atoms with E-state index < -0.39 is 0 Å². The van der Waals surface area contributed by atoms with E-state index >= 15 is 0 Å². The Hall–Kier alpha value is -3.55. The highest BCUT2D eigenvalue weighted by Crippen LogP contribution is 2.29. The lowest BCUT2D eigenvalue weighted by molar-refractivity contribution is 0.497. The van der Waals surface area contributed by atoms with E-state index in [0.29, 0.717) is 18.3 Å². The zero-order valence-electron chi connectivity index (χ0n) is 19.7. The second kappa shape index (κ2) is 9.94. The molecule has 8 nitrogen and oxygen atoms in total. The van der Waals surface area contributed by atoms with Gasteiger partial charge in [0.05, 0.1) is 12.2 Å². The standard InChI is InChI=1S/C25H31N7O/c1-5-8-23-18(4)31(14-13-17(2)3)25(33)32(23)16-20-12-11-19(15-26-20)21-9-6-7-10-22(21)24-27-29-30-28-24/h6-7,9-12,15,17H,5,8,13-14,16H2,1-4H3,(H,27,28,29,30). The Morgan fingerprint density at radius 1 is 1.06 bits per heavy atom. The molecule has 0 saturated heterocycles. The molecule has 0 bridgehead atoms. The largest absolute Gasteiger partial charge is 0.328 e. The summed E-state index contributed by atoms with van der Waals surface area (Å²) in [5.41, 5.74) is 5.99. The molecule has 0 radical (unpaired) electrons. The van der Waals surface area contributed by atoms with Gasteiger partial charge in [0, 0.05) is 35.3 Å². The molecule has 0 aliphatic heterocycles. The van der Waals surface area contributed by atoms with Crippen LogP contribution >= 0.6 is 0 Å². The first kappa shape index (κ1) is 22.6. The van der Waals surface area contributed by atoms with Crippen molar-refractivity contribution in [3.8, 4) is 22.5 Å². The van der Waals surface area contributed by atoms with Gasteiger partial charge in [-0.2, -0.15) is 0 Å². The van der Waals surface area contributed by atoms with E-state index in [0.717, 1.165) is 59.6 Å². The average molecular weight is 446 g/mol. The second-order valence-electron chi connectivity index (χ2n) is 8.82. The zero-order valence-corrected chi connectivity index (χ0v) is 19.7. The molecular weight excluding hydrogens is 414 g/mol. The van der Waals surface area contributed by atoms with Crippen LogP contribution in [0.4, 0.5) is 0 Å². The van der Waals surface area contributed by atoms with Crippen LogP contribution in [-0.4, -0.2) is 34.7 Å². The van der Waals surface area contributed by atoms with Crippen molar-refractivity contribution in [2.75, 3.05) is 0 Å². The number of benzene rings is 1. The summed E-state index contributed by atoms with van der Waals surface area (Å²) in [6, 6.07) is 12.0. The molecule has 3 aromatic heterocycles. The summed E-state index contributed by atoms with van der Waals surface area (Å²) in [6.07, 6.45) is 4.72. The first-order valence-corrected chi connectivity index (χ1v) is 11.6. The predicted octanol–water partition coefficient (Wildman–Crippen LogP) is 4.25. The maximum atomic E-state index is 13.2. The highest BCUT2D eigenvalue weighted by molar-refractivity contribution is 5.79. The molecule has 1 aromatic carbocycles. The van der Waals surface area contributed by atoms with Crippen LogP contribution in [0.5, 0.6) is 0 Å². The van der Waals surface area contributed by atoms with E-state index in [-0.39, 0.29) is 5.69 Å². The van der Waals surface area contributed by atoms with Gasteiger partial charge in [-0.3, -0.25) is 14.1 Å². The van der Waals surface area contributed by atoms with Gasteiger partial charge in [0.15, 0.2) is 5.82 Å². The molecule has 4 rings (SSSR count). The minimum atomic E-state index is 0.0608. The van der Waals surface area contributed by atoms with Crippen molar-refractivity contribution < 1.29 is 0 Å². The van der Waals surface area contributed by atoms with Gasteiger partial charge >= 0.3 is 5.69 Å². The van der Waals surface area contributed by atoms with Crippen molar-refractivity contribution >= 4 is 0 Å². The van der Waals surface area contributed by atoms with Crippen molar-refractivity contribution in [2.45, 2.75) is 60.0 Å². The first-order valence-electron chi connectivity index (χ1n) is 11.6. The van der Waals surface area contributed by atoms with Gasteiger partial charge in [0.25, 0.3) is 0 Å². The van der Waals surface area contributed by atoms with E-state index in [1.54, 1.807) is 0 Å². The Morgan fingerprint density at radius 3 is 2.48 bits per heavy atom.